The maximum atomic E-state index is 12.7. The second-order valence-electron chi connectivity index (χ2n) is 5.79. The molecular formula is C18H13ClN4O5. The zero-order valence-corrected chi connectivity index (χ0v) is 15.2. The molecule has 0 bridgehead atoms. The number of carbonyl (C=O) groups is 1. The normalized spacial score (nSPS) is 11.1. The van der Waals surface area contributed by atoms with Crippen LogP contribution >= 0.6 is 11.6 Å². The Balaban J connectivity index is 2.03. The van der Waals surface area contributed by atoms with Gasteiger partial charge in [0.05, 0.1) is 21.7 Å². The van der Waals surface area contributed by atoms with Crippen molar-refractivity contribution in [2.45, 2.75) is 6.92 Å². The number of hydrogen-bond donors (Lipinski definition) is 2. The maximum Gasteiger partial charge on any atom is 0.335 e. The fourth-order valence-corrected chi connectivity index (χ4v) is 2.74. The number of aromatic amines is 1. The molecule has 0 fully saturated rings. The minimum Gasteiger partial charge on any atom is -0.478 e. The summed E-state index contributed by atoms with van der Waals surface area (Å²) in [5.41, 5.74) is 0.0519. The highest BCUT2D eigenvalue weighted by molar-refractivity contribution is 6.30. The van der Waals surface area contributed by atoms with Gasteiger partial charge in [0.15, 0.2) is 0 Å². The Morgan fingerprint density at radius 2 is 2.07 bits per heavy atom. The molecule has 9 nitrogen and oxygen atoms in total. The fraction of sp³-hybridized carbons (Fsp3) is 0.0556. The molecule has 2 aromatic carbocycles. The third-order valence-electron chi connectivity index (χ3n) is 3.94. The van der Waals surface area contributed by atoms with E-state index in [1.165, 1.54) is 23.0 Å². The average Bonchev–Trinajstić information content (AvgIpc) is 2.93. The van der Waals surface area contributed by atoms with Crippen LogP contribution in [-0.4, -0.2) is 32.0 Å². The quantitative estimate of drug-likeness (QED) is 0.384. The first-order valence-corrected chi connectivity index (χ1v) is 8.29. The van der Waals surface area contributed by atoms with Gasteiger partial charge >= 0.3 is 5.97 Å². The molecule has 2 N–H and O–H groups in total. The van der Waals surface area contributed by atoms with Crippen molar-refractivity contribution in [1.29, 1.82) is 0 Å². The van der Waals surface area contributed by atoms with Gasteiger partial charge in [0.25, 0.3) is 11.2 Å². The number of rotatable bonds is 5. The molecule has 1 aromatic heterocycles. The minimum atomic E-state index is -1.29. The van der Waals surface area contributed by atoms with E-state index in [2.05, 4.69) is 10.1 Å². The lowest BCUT2D eigenvalue weighted by molar-refractivity contribution is -0.384. The van der Waals surface area contributed by atoms with Crippen molar-refractivity contribution in [1.82, 2.24) is 9.78 Å². The SMILES string of the molecule is Cc1[nH]n(-c2cccc(Cl)c2)c(=O)c1C=Nc1ccc(C(=O)O)cc1[N+](=O)[O-]. The molecule has 0 aliphatic carbocycles. The topological polar surface area (TPSA) is 131 Å². The van der Waals surface area contributed by atoms with Crippen molar-refractivity contribution >= 4 is 35.2 Å². The molecular weight excluding hydrogens is 388 g/mol. The molecule has 3 aromatic rings. The predicted molar refractivity (Wildman–Crippen MR) is 103 cm³/mol. The Kier molecular flexibility index (Phi) is 5.10. The third-order valence-corrected chi connectivity index (χ3v) is 4.17. The number of benzene rings is 2. The van der Waals surface area contributed by atoms with Crippen molar-refractivity contribution in [2.24, 2.45) is 4.99 Å². The fourth-order valence-electron chi connectivity index (χ4n) is 2.55. The second-order valence-corrected chi connectivity index (χ2v) is 6.23. The van der Waals surface area contributed by atoms with Crippen molar-refractivity contribution < 1.29 is 14.8 Å². The average molecular weight is 401 g/mol. The smallest absolute Gasteiger partial charge is 0.335 e. The number of aromatic carboxylic acids is 1. The van der Waals surface area contributed by atoms with E-state index >= 15 is 0 Å². The maximum absolute atomic E-state index is 12.7. The largest absolute Gasteiger partial charge is 0.478 e. The van der Waals surface area contributed by atoms with Crippen molar-refractivity contribution in [3.63, 3.8) is 0 Å². The van der Waals surface area contributed by atoms with Gasteiger partial charge in [-0.25, -0.2) is 14.5 Å². The highest BCUT2D eigenvalue weighted by Gasteiger charge is 2.17. The van der Waals surface area contributed by atoms with Crippen LogP contribution in [0.3, 0.4) is 0 Å². The summed E-state index contributed by atoms with van der Waals surface area (Å²) in [6.45, 7) is 1.66. The molecule has 142 valence electrons. The van der Waals surface area contributed by atoms with Gasteiger partial charge in [-0.1, -0.05) is 17.7 Å². The highest BCUT2D eigenvalue weighted by Crippen LogP contribution is 2.28. The molecule has 0 aliphatic heterocycles. The molecule has 0 spiro atoms. The van der Waals surface area contributed by atoms with Gasteiger partial charge in [-0.3, -0.25) is 20.0 Å². The number of nitro groups is 1. The van der Waals surface area contributed by atoms with E-state index in [0.717, 1.165) is 6.07 Å². The number of hydrogen-bond acceptors (Lipinski definition) is 5. The van der Waals surface area contributed by atoms with E-state index in [-0.39, 0.29) is 16.8 Å². The monoisotopic (exact) mass is 400 g/mol. The summed E-state index contributed by atoms with van der Waals surface area (Å²) >= 11 is 5.96. The number of nitro benzene ring substituents is 1. The number of halogens is 1. The lowest BCUT2D eigenvalue weighted by Crippen LogP contribution is -2.17. The van der Waals surface area contributed by atoms with Crippen molar-refractivity contribution in [3.05, 3.63) is 84.8 Å². The first kappa shape index (κ1) is 19.1. The van der Waals surface area contributed by atoms with Gasteiger partial charge in [0, 0.05) is 23.0 Å². The van der Waals surface area contributed by atoms with E-state index in [9.17, 15) is 19.7 Å². The molecule has 0 saturated carbocycles. The van der Waals surface area contributed by atoms with Gasteiger partial charge in [-0.05, 0) is 37.3 Å². The Bertz CT molecular complexity index is 1180. The number of aromatic nitrogens is 2. The van der Waals surface area contributed by atoms with Crippen LogP contribution in [0.15, 0.2) is 52.3 Å². The van der Waals surface area contributed by atoms with Gasteiger partial charge in [-0.15, -0.1) is 0 Å². The first-order chi connectivity index (χ1) is 13.3. The third kappa shape index (κ3) is 3.69. The summed E-state index contributed by atoms with van der Waals surface area (Å²) in [5, 5.41) is 23.5. The zero-order chi connectivity index (χ0) is 20.4. The zero-order valence-electron chi connectivity index (χ0n) is 14.4. The number of carboxylic acid groups (broad SMARTS) is 1. The summed E-state index contributed by atoms with van der Waals surface area (Å²) in [5.74, 6) is -1.29. The van der Waals surface area contributed by atoms with Gasteiger partial charge in [-0.2, -0.15) is 0 Å². The molecule has 0 amide bonds. The molecule has 28 heavy (non-hydrogen) atoms. The minimum absolute atomic E-state index is 0.0655. The van der Waals surface area contributed by atoms with E-state index in [1.54, 1.807) is 31.2 Å². The number of aliphatic imine (C=N–C) groups is 1. The van der Waals surface area contributed by atoms with Crippen LogP contribution in [-0.2, 0) is 0 Å². The molecule has 0 atom stereocenters. The van der Waals surface area contributed by atoms with Gasteiger partial charge in [0.2, 0.25) is 0 Å². The number of H-pyrrole nitrogens is 1. The van der Waals surface area contributed by atoms with Crippen LogP contribution in [0, 0.1) is 17.0 Å². The molecule has 0 aliphatic rings. The van der Waals surface area contributed by atoms with Crippen LogP contribution in [0.5, 0.6) is 0 Å². The number of nitrogens with one attached hydrogen (secondary N) is 1. The Labute approximate surface area is 162 Å². The van der Waals surface area contributed by atoms with Crippen LogP contribution in [0.1, 0.15) is 21.6 Å². The van der Waals surface area contributed by atoms with E-state index < -0.39 is 22.1 Å². The lowest BCUT2D eigenvalue weighted by atomic mass is 10.1. The Morgan fingerprint density at radius 3 is 2.71 bits per heavy atom. The van der Waals surface area contributed by atoms with Crippen molar-refractivity contribution in [3.8, 4) is 5.69 Å². The Morgan fingerprint density at radius 1 is 1.32 bits per heavy atom. The standard InChI is InChI=1S/C18H13ClN4O5/c1-10-14(17(24)22(21-10)13-4-2-3-12(19)8-13)9-20-15-6-5-11(18(25)26)7-16(15)23(27)28/h2-9,21H,1H3,(H,25,26). The lowest BCUT2D eigenvalue weighted by Gasteiger charge is -2.01. The predicted octanol–water partition coefficient (Wildman–Crippen LogP) is 3.48. The number of nitrogens with zero attached hydrogens (tertiary/aromatic N) is 3. The van der Waals surface area contributed by atoms with Crippen LogP contribution < -0.4 is 5.56 Å². The van der Waals surface area contributed by atoms with E-state index in [4.69, 9.17) is 16.7 Å². The van der Waals surface area contributed by atoms with Gasteiger partial charge < -0.3 is 5.11 Å². The molecule has 1 heterocycles. The van der Waals surface area contributed by atoms with Gasteiger partial charge in [0.1, 0.15) is 5.69 Å². The van der Waals surface area contributed by atoms with Crippen LogP contribution in [0.4, 0.5) is 11.4 Å². The van der Waals surface area contributed by atoms with E-state index in [0.29, 0.717) is 16.4 Å². The summed E-state index contributed by atoms with van der Waals surface area (Å²) in [4.78, 5) is 38.2. The van der Waals surface area contributed by atoms with E-state index in [1.807, 2.05) is 0 Å². The molecule has 0 unspecified atom stereocenters. The summed E-state index contributed by atoms with van der Waals surface area (Å²) in [6, 6.07) is 10.0. The molecule has 0 radical (unpaired) electrons. The summed E-state index contributed by atoms with van der Waals surface area (Å²) in [6.07, 6.45) is 1.21. The molecule has 0 saturated heterocycles. The molecule has 10 heteroatoms. The van der Waals surface area contributed by atoms with Crippen LogP contribution in [0.25, 0.3) is 5.69 Å². The highest BCUT2D eigenvalue weighted by atomic mass is 35.5. The first-order valence-electron chi connectivity index (χ1n) is 7.91. The number of carboxylic acids is 1. The number of aryl methyl sites for hydroxylation is 1. The van der Waals surface area contributed by atoms with Crippen molar-refractivity contribution in [2.75, 3.05) is 0 Å². The summed E-state index contributed by atoms with van der Waals surface area (Å²) < 4.78 is 1.28. The van der Waals surface area contributed by atoms with Crippen LogP contribution in [0.2, 0.25) is 5.02 Å². The molecule has 3 rings (SSSR count). The Hall–Kier alpha value is -3.72. The summed E-state index contributed by atoms with van der Waals surface area (Å²) in [7, 11) is 0. The second kappa shape index (κ2) is 7.49.